The molecule has 0 saturated carbocycles. The monoisotopic (exact) mass is 305 g/mol. The number of anilines is 1. The number of carbonyl (C=O) groups excluding carboxylic acids is 2. The fourth-order valence-corrected chi connectivity index (χ4v) is 2.07. The molecule has 3 rings (SSSR count). The number of cyclic esters (lactones) is 2. The maximum absolute atomic E-state index is 11.8. The predicted molar refractivity (Wildman–Crippen MR) is 75.4 cm³/mol. The lowest BCUT2D eigenvalue weighted by Gasteiger charge is -2.29. The van der Waals surface area contributed by atoms with Gasteiger partial charge in [0.05, 0.1) is 0 Å². The van der Waals surface area contributed by atoms with Gasteiger partial charge in [0.15, 0.2) is 17.1 Å². The highest BCUT2D eigenvalue weighted by Gasteiger charge is 2.38. The Morgan fingerprint density at radius 3 is 2.36 bits per heavy atom. The Kier molecular flexibility index (Phi) is 3.40. The first-order valence-corrected chi connectivity index (χ1v) is 6.78. The Balaban J connectivity index is 1.76. The summed E-state index contributed by atoms with van der Waals surface area (Å²) in [7, 11) is 0. The van der Waals surface area contributed by atoms with Crippen molar-refractivity contribution in [2.24, 2.45) is 0 Å². The lowest BCUT2D eigenvalue weighted by Crippen LogP contribution is -2.42. The number of hydrogen-bond donors (Lipinski definition) is 1. The number of rotatable bonds is 2. The zero-order chi connectivity index (χ0) is 15.7. The Bertz CT molecular complexity index is 642. The quantitative estimate of drug-likeness (QED) is 0.504. The molecule has 2 aliphatic heterocycles. The molecule has 0 unspecified atom stereocenters. The van der Waals surface area contributed by atoms with Crippen LogP contribution in [0.4, 0.5) is 5.69 Å². The summed E-state index contributed by atoms with van der Waals surface area (Å²) >= 11 is 0. The van der Waals surface area contributed by atoms with Gasteiger partial charge in [0.25, 0.3) is 5.79 Å². The van der Waals surface area contributed by atoms with Gasteiger partial charge in [-0.2, -0.15) is 0 Å². The van der Waals surface area contributed by atoms with Crippen molar-refractivity contribution in [2.75, 3.05) is 18.5 Å². The smallest absolute Gasteiger partial charge is 0.350 e. The maximum Gasteiger partial charge on any atom is 0.350 e. The summed E-state index contributed by atoms with van der Waals surface area (Å²) in [5.41, 5.74) is 0.441. The minimum atomic E-state index is -1.25. The number of ether oxygens (including phenoxy) is 4. The van der Waals surface area contributed by atoms with Crippen LogP contribution in [0.25, 0.3) is 0 Å². The summed E-state index contributed by atoms with van der Waals surface area (Å²) in [4.78, 5) is 23.6. The molecular formula is C15H15NO6. The molecule has 0 radical (unpaired) electrons. The van der Waals surface area contributed by atoms with Crippen molar-refractivity contribution >= 4 is 17.6 Å². The molecule has 1 fully saturated rings. The van der Waals surface area contributed by atoms with E-state index in [1.54, 1.807) is 18.2 Å². The second-order valence-electron chi connectivity index (χ2n) is 5.24. The number of esters is 2. The SMILES string of the molecule is CC1(C)OC(=O)C(=CNc2ccc3c(c2)OCCO3)C(=O)O1. The average Bonchev–Trinajstić information content (AvgIpc) is 2.45. The molecule has 7 heteroatoms. The standard InChI is InChI=1S/C15H15NO6/c1-15(2)21-13(17)10(14(18)22-15)8-16-9-3-4-11-12(7-9)20-6-5-19-11/h3-4,7-8,16H,5-6H2,1-2H3. The van der Waals surface area contributed by atoms with Gasteiger partial charge in [-0.05, 0) is 12.1 Å². The van der Waals surface area contributed by atoms with E-state index < -0.39 is 17.7 Å². The molecule has 0 spiro atoms. The zero-order valence-electron chi connectivity index (χ0n) is 12.2. The molecule has 0 aromatic heterocycles. The minimum Gasteiger partial charge on any atom is -0.486 e. The fourth-order valence-electron chi connectivity index (χ4n) is 2.07. The van der Waals surface area contributed by atoms with Crippen LogP contribution in [0.5, 0.6) is 11.5 Å². The van der Waals surface area contributed by atoms with Crippen LogP contribution in [0.15, 0.2) is 30.0 Å². The lowest BCUT2D eigenvalue weighted by atomic mass is 10.2. The van der Waals surface area contributed by atoms with Gasteiger partial charge in [0.2, 0.25) is 0 Å². The van der Waals surface area contributed by atoms with Crippen molar-refractivity contribution in [2.45, 2.75) is 19.6 Å². The van der Waals surface area contributed by atoms with Gasteiger partial charge in [-0.1, -0.05) is 0 Å². The van der Waals surface area contributed by atoms with Crippen LogP contribution in [0.2, 0.25) is 0 Å². The molecule has 1 saturated heterocycles. The first-order chi connectivity index (χ1) is 10.4. The van der Waals surface area contributed by atoms with Crippen molar-refractivity contribution in [3.8, 4) is 11.5 Å². The summed E-state index contributed by atoms with van der Waals surface area (Å²) in [5, 5.41) is 2.85. The molecule has 2 heterocycles. The molecule has 7 nitrogen and oxygen atoms in total. The van der Waals surface area contributed by atoms with Gasteiger partial charge in [0, 0.05) is 31.8 Å². The second-order valence-corrected chi connectivity index (χ2v) is 5.24. The van der Waals surface area contributed by atoms with Gasteiger partial charge in [-0.15, -0.1) is 0 Å². The van der Waals surface area contributed by atoms with Gasteiger partial charge in [-0.3, -0.25) is 0 Å². The third-order valence-electron chi connectivity index (χ3n) is 3.04. The summed E-state index contributed by atoms with van der Waals surface area (Å²) in [6, 6.07) is 5.21. The van der Waals surface area contributed by atoms with Crippen molar-refractivity contribution < 1.29 is 28.5 Å². The molecule has 1 aromatic rings. The van der Waals surface area contributed by atoms with Crippen LogP contribution in [0.3, 0.4) is 0 Å². The lowest BCUT2D eigenvalue weighted by molar-refractivity contribution is -0.222. The van der Waals surface area contributed by atoms with E-state index in [0.29, 0.717) is 30.4 Å². The van der Waals surface area contributed by atoms with Crippen LogP contribution in [0.1, 0.15) is 13.8 Å². The first-order valence-electron chi connectivity index (χ1n) is 6.78. The van der Waals surface area contributed by atoms with E-state index in [1.165, 1.54) is 20.0 Å². The van der Waals surface area contributed by atoms with E-state index in [-0.39, 0.29) is 5.57 Å². The third kappa shape index (κ3) is 2.83. The Labute approximate surface area is 126 Å². The number of benzene rings is 1. The summed E-state index contributed by atoms with van der Waals surface area (Å²) in [6.45, 7) is 3.98. The van der Waals surface area contributed by atoms with Crippen molar-refractivity contribution in [3.63, 3.8) is 0 Å². The van der Waals surface area contributed by atoms with Crippen molar-refractivity contribution in [1.29, 1.82) is 0 Å². The number of fused-ring (bicyclic) bond motifs is 1. The van der Waals surface area contributed by atoms with Crippen LogP contribution in [-0.2, 0) is 19.1 Å². The van der Waals surface area contributed by atoms with E-state index in [0.717, 1.165) is 0 Å². The largest absolute Gasteiger partial charge is 0.486 e. The Morgan fingerprint density at radius 2 is 1.68 bits per heavy atom. The highest BCUT2D eigenvalue weighted by atomic mass is 16.7. The Hall–Kier alpha value is -2.70. The molecule has 0 amide bonds. The highest BCUT2D eigenvalue weighted by Crippen LogP contribution is 2.32. The molecule has 2 aliphatic rings. The van der Waals surface area contributed by atoms with Crippen LogP contribution < -0.4 is 14.8 Å². The van der Waals surface area contributed by atoms with Gasteiger partial charge in [-0.25, -0.2) is 9.59 Å². The molecule has 1 aromatic carbocycles. The zero-order valence-corrected chi connectivity index (χ0v) is 12.2. The molecule has 116 valence electrons. The number of carbonyl (C=O) groups is 2. The fraction of sp³-hybridized carbons (Fsp3) is 0.333. The van der Waals surface area contributed by atoms with Crippen molar-refractivity contribution in [1.82, 2.24) is 0 Å². The summed E-state index contributed by atoms with van der Waals surface area (Å²) in [6.07, 6.45) is 1.26. The summed E-state index contributed by atoms with van der Waals surface area (Å²) in [5.74, 6) is -1.45. The number of nitrogens with one attached hydrogen (secondary N) is 1. The Morgan fingerprint density at radius 1 is 1.05 bits per heavy atom. The van der Waals surface area contributed by atoms with Crippen LogP contribution in [-0.4, -0.2) is 30.9 Å². The van der Waals surface area contributed by atoms with Gasteiger partial charge >= 0.3 is 11.9 Å². The van der Waals surface area contributed by atoms with Crippen molar-refractivity contribution in [3.05, 3.63) is 30.0 Å². The van der Waals surface area contributed by atoms with E-state index in [9.17, 15) is 9.59 Å². The van der Waals surface area contributed by atoms with Crippen LogP contribution in [0, 0.1) is 0 Å². The van der Waals surface area contributed by atoms with E-state index in [2.05, 4.69) is 5.32 Å². The predicted octanol–water partition coefficient (Wildman–Crippen LogP) is 1.59. The average molecular weight is 305 g/mol. The topological polar surface area (TPSA) is 83.1 Å². The normalized spacial score (nSPS) is 19.1. The summed E-state index contributed by atoms with van der Waals surface area (Å²) < 4.78 is 20.9. The highest BCUT2D eigenvalue weighted by molar-refractivity contribution is 6.15. The molecular weight excluding hydrogens is 290 g/mol. The molecule has 0 bridgehead atoms. The molecule has 0 aliphatic carbocycles. The van der Waals surface area contributed by atoms with E-state index in [4.69, 9.17) is 18.9 Å². The number of hydrogen-bond acceptors (Lipinski definition) is 7. The van der Waals surface area contributed by atoms with E-state index >= 15 is 0 Å². The second kappa shape index (κ2) is 5.25. The third-order valence-corrected chi connectivity index (χ3v) is 3.04. The van der Waals surface area contributed by atoms with Gasteiger partial charge < -0.3 is 24.3 Å². The molecule has 0 atom stereocenters. The van der Waals surface area contributed by atoms with Gasteiger partial charge in [0.1, 0.15) is 13.2 Å². The molecule has 1 N–H and O–H groups in total. The molecule has 22 heavy (non-hydrogen) atoms. The first kappa shape index (κ1) is 14.2. The van der Waals surface area contributed by atoms with Crippen LogP contribution >= 0.6 is 0 Å². The maximum atomic E-state index is 11.8. The van der Waals surface area contributed by atoms with E-state index in [1.807, 2.05) is 0 Å². The minimum absolute atomic E-state index is 0.200.